The van der Waals surface area contributed by atoms with Gasteiger partial charge in [0.1, 0.15) is 6.10 Å². The normalized spacial score (nSPS) is 27.4. The van der Waals surface area contributed by atoms with Gasteiger partial charge in [-0.05, 0) is 43.0 Å². The van der Waals surface area contributed by atoms with Crippen LogP contribution in [0.15, 0.2) is 18.2 Å². The van der Waals surface area contributed by atoms with E-state index < -0.39 is 18.3 Å². The lowest BCUT2D eigenvalue weighted by Crippen LogP contribution is -2.55. The molecule has 0 amide bonds. The second-order valence-corrected chi connectivity index (χ2v) is 6.04. The highest BCUT2D eigenvalue weighted by atomic mass is 16.4. The van der Waals surface area contributed by atoms with E-state index in [1.807, 2.05) is 11.0 Å². The lowest BCUT2D eigenvalue weighted by molar-refractivity contribution is -0.107. The van der Waals surface area contributed by atoms with E-state index in [9.17, 15) is 15.3 Å². The molecule has 21 heavy (non-hydrogen) atoms. The minimum atomic E-state index is -1.03. The highest BCUT2D eigenvalue weighted by Crippen LogP contribution is 2.17. The Hall–Kier alpha value is -1.20. The van der Waals surface area contributed by atoms with E-state index in [-0.39, 0.29) is 0 Å². The van der Waals surface area contributed by atoms with Crippen molar-refractivity contribution in [1.29, 1.82) is 0 Å². The van der Waals surface area contributed by atoms with Gasteiger partial charge >= 0.3 is 0 Å². The average Bonchev–Trinajstić information content (AvgIpc) is 2.41. The van der Waals surface area contributed by atoms with Gasteiger partial charge in [-0.25, -0.2) is 0 Å². The van der Waals surface area contributed by atoms with Crippen molar-refractivity contribution in [1.82, 2.24) is 4.90 Å². The van der Waals surface area contributed by atoms with E-state index in [0.29, 0.717) is 19.6 Å². The molecule has 1 unspecified atom stereocenters. The number of nitrogens with zero attached hydrogens (tertiary/aromatic N) is 1. The summed E-state index contributed by atoms with van der Waals surface area (Å²) in [5.41, 5.74) is 4.99. The number of aryl methyl sites for hydroxylation is 3. The fourth-order valence-corrected chi connectivity index (χ4v) is 2.72. The Morgan fingerprint density at radius 3 is 2.19 bits per heavy atom. The summed E-state index contributed by atoms with van der Waals surface area (Å²) in [6.45, 7) is 7.72. The van der Waals surface area contributed by atoms with Crippen molar-refractivity contribution in [3.8, 4) is 0 Å². The van der Waals surface area contributed by atoms with Crippen LogP contribution in [-0.4, -0.2) is 58.2 Å². The van der Waals surface area contributed by atoms with Crippen molar-refractivity contribution in [3.63, 3.8) is 0 Å². The van der Waals surface area contributed by atoms with Gasteiger partial charge in [0.05, 0.1) is 12.2 Å². The van der Waals surface area contributed by atoms with Crippen molar-refractivity contribution >= 4 is 6.08 Å². The predicted molar refractivity (Wildman–Crippen MR) is 84.1 cm³/mol. The minimum Gasteiger partial charge on any atom is -0.389 e. The second kappa shape index (κ2) is 6.71. The number of likely N-dealkylation sites (tertiary alicyclic amines) is 1. The number of hydrogen-bond donors (Lipinski definition) is 3. The van der Waals surface area contributed by atoms with Crippen LogP contribution in [0.2, 0.25) is 0 Å². The van der Waals surface area contributed by atoms with E-state index in [4.69, 9.17) is 0 Å². The number of benzene rings is 1. The van der Waals surface area contributed by atoms with Gasteiger partial charge in [0, 0.05) is 19.6 Å². The second-order valence-electron chi connectivity index (χ2n) is 6.04. The molecule has 1 aliphatic rings. The molecule has 4 nitrogen and oxygen atoms in total. The number of aliphatic hydroxyl groups is 3. The standard InChI is InChI=1S/C17H25NO3/c1-11-7-13(3)14(8-12(11)2)5-4-6-18-9-15(19)17(21)16(20)10-18/h4-5,7-8,15-17,19-21H,6,9-10H2,1-3H3/b5-4+/t15-,16+,17?. The molecule has 3 N–H and O–H groups in total. The SMILES string of the molecule is Cc1cc(C)c(/C=C/CN2C[C@@H](O)C(O)[C@@H](O)C2)cc1C. The van der Waals surface area contributed by atoms with Gasteiger partial charge in [0.25, 0.3) is 0 Å². The molecule has 4 heteroatoms. The maximum Gasteiger partial charge on any atom is 0.108 e. The van der Waals surface area contributed by atoms with E-state index in [1.54, 1.807) is 0 Å². The number of rotatable bonds is 3. The molecule has 0 saturated carbocycles. The molecule has 1 saturated heterocycles. The average molecular weight is 291 g/mol. The van der Waals surface area contributed by atoms with Crippen molar-refractivity contribution in [2.45, 2.75) is 39.1 Å². The Labute approximate surface area is 126 Å². The monoisotopic (exact) mass is 291 g/mol. The summed E-state index contributed by atoms with van der Waals surface area (Å²) < 4.78 is 0. The maximum atomic E-state index is 9.67. The molecule has 3 atom stereocenters. The number of aliphatic hydroxyl groups excluding tert-OH is 3. The van der Waals surface area contributed by atoms with E-state index in [2.05, 4.69) is 39.0 Å². The number of β-amino-alcohol motifs (C(OH)–C–C–N with tert-alkyl or cyclic N) is 2. The lowest BCUT2D eigenvalue weighted by atomic mass is 10.00. The third-order valence-corrected chi connectivity index (χ3v) is 4.22. The lowest BCUT2D eigenvalue weighted by Gasteiger charge is -2.36. The maximum absolute atomic E-state index is 9.67. The first-order valence-corrected chi connectivity index (χ1v) is 7.39. The summed E-state index contributed by atoms with van der Waals surface area (Å²) in [7, 11) is 0. The number of piperidine rings is 1. The van der Waals surface area contributed by atoms with Gasteiger partial charge in [-0.3, -0.25) is 4.90 Å². The Bertz CT molecular complexity index is 515. The minimum absolute atomic E-state index is 0.383. The summed E-state index contributed by atoms with van der Waals surface area (Å²) in [5, 5.41) is 28.9. The fraction of sp³-hybridized carbons (Fsp3) is 0.529. The van der Waals surface area contributed by atoms with Crippen LogP contribution in [0.1, 0.15) is 22.3 Å². The first-order chi connectivity index (χ1) is 9.88. The molecule has 0 aliphatic carbocycles. The highest BCUT2D eigenvalue weighted by molar-refractivity contribution is 5.56. The van der Waals surface area contributed by atoms with Crippen molar-refractivity contribution in [2.75, 3.05) is 19.6 Å². The zero-order valence-corrected chi connectivity index (χ0v) is 13.0. The topological polar surface area (TPSA) is 63.9 Å². The van der Waals surface area contributed by atoms with E-state index in [0.717, 1.165) is 0 Å². The summed E-state index contributed by atoms with van der Waals surface area (Å²) >= 11 is 0. The first-order valence-electron chi connectivity index (χ1n) is 7.39. The van der Waals surface area contributed by atoms with Crippen LogP contribution in [0.3, 0.4) is 0 Å². The van der Waals surface area contributed by atoms with E-state index >= 15 is 0 Å². The zero-order valence-electron chi connectivity index (χ0n) is 13.0. The summed E-state index contributed by atoms with van der Waals surface area (Å²) in [5.74, 6) is 0. The third kappa shape index (κ3) is 3.92. The van der Waals surface area contributed by atoms with Gasteiger partial charge in [0.15, 0.2) is 0 Å². The highest BCUT2D eigenvalue weighted by Gasteiger charge is 2.32. The molecule has 2 rings (SSSR count). The molecule has 0 bridgehead atoms. The van der Waals surface area contributed by atoms with Gasteiger partial charge in [-0.1, -0.05) is 24.3 Å². The first kappa shape index (κ1) is 16.2. The van der Waals surface area contributed by atoms with Crippen LogP contribution >= 0.6 is 0 Å². The molecule has 0 radical (unpaired) electrons. The van der Waals surface area contributed by atoms with Crippen LogP contribution in [0, 0.1) is 20.8 Å². The zero-order chi connectivity index (χ0) is 15.6. The molecule has 0 aromatic heterocycles. The van der Waals surface area contributed by atoms with Gasteiger partial charge in [-0.15, -0.1) is 0 Å². The van der Waals surface area contributed by atoms with Crippen LogP contribution in [0.25, 0.3) is 6.08 Å². The number of hydrogen-bond acceptors (Lipinski definition) is 4. The quantitative estimate of drug-likeness (QED) is 0.778. The van der Waals surface area contributed by atoms with Crippen molar-refractivity contribution < 1.29 is 15.3 Å². The molecule has 1 fully saturated rings. The van der Waals surface area contributed by atoms with E-state index in [1.165, 1.54) is 22.3 Å². The molecule has 1 aromatic carbocycles. The Morgan fingerprint density at radius 2 is 1.57 bits per heavy atom. The van der Waals surface area contributed by atoms with Crippen LogP contribution in [0.4, 0.5) is 0 Å². The Balaban J connectivity index is 1.98. The Kier molecular flexibility index (Phi) is 5.17. The molecular formula is C17H25NO3. The predicted octanol–water partition coefficient (Wildman–Crippen LogP) is 1.02. The summed E-state index contributed by atoms with van der Waals surface area (Å²) in [6, 6.07) is 4.35. The van der Waals surface area contributed by atoms with Crippen molar-refractivity contribution in [3.05, 3.63) is 40.5 Å². The summed E-state index contributed by atoms with van der Waals surface area (Å²) in [4.78, 5) is 1.94. The van der Waals surface area contributed by atoms with Gasteiger partial charge < -0.3 is 15.3 Å². The molecule has 1 heterocycles. The molecule has 1 aliphatic heterocycles. The van der Waals surface area contributed by atoms with Gasteiger partial charge in [-0.2, -0.15) is 0 Å². The molecule has 1 aromatic rings. The van der Waals surface area contributed by atoms with Crippen LogP contribution in [0.5, 0.6) is 0 Å². The summed E-state index contributed by atoms with van der Waals surface area (Å²) in [6.07, 6.45) is 1.31. The fourth-order valence-electron chi connectivity index (χ4n) is 2.72. The molecule has 116 valence electrons. The van der Waals surface area contributed by atoms with Crippen LogP contribution in [-0.2, 0) is 0 Å². The van der Waals surface area contributed by atoms with Crippen LogP contribution < -0.4 is 0 Å². The Morgan fingerprint density at radius 1 is 1.00 bits per heavy atom. The molecule has 0 spiro atoms. The molecular weight excluding hydrogens is 266 g/mol. The largest absolute Gasteiger partial charge is 0.389 e. The smallest absolute Gasteiger partial charge is 0.108 e. The van der Waals surface area contributed by atoms with Crippen molar-refractivity contribution in [2.24, 2.45) is 0 Å². The van der Waals surface area contributed by atoms with Gasteiger partial charge in [0.2, 0.25) is 0 Å². The third-order valence-electron chi connectivity index (χ3n) is 4.22.